The van der Waals surface area contributed by atoms with Crippen molar-refractivity contribution in [3.8, 4) is 5.75 Å². The van der Waals surface area contributed by atoms with Crippen molar-refractivity contribution < 1.29 is 9.13 Å². The Morgan fingerprint density at radius 1 is 1.07 bits per heavy atom. The van der Waals surface area contributed by atoms with Crippen LogP contribution >= 0.6 is 23.4 Å². The Labute approximate surface area is 174 Å². The number of para-hydroxylation sites is 1. The average molecular weight is 420 g/mol. The molecule has 1 heterocycles. The molecule has 3 aromatic rings. The lowest BCUT2D eigenvalue weighted by molar-refractivity contribution is 0.198. The van der Waals surface area contributed by atoms with Crippen molar-refractivity contribution in [1.29, 1.82) is 0 Å². The van der Waals surface area contributed by atoms with Crippen LogP contribution in [0.1, 0.15) is 38.3 Å². The van der Waals surface area contributed by atoms with Crippen molar-refractivity contribution in [3.05, 3.63) is 70.8 Å². The Morgan fingerprint density at radius 2 is 1.79 bits per heavy atom. The third-order valence-corrected chi connectivity index (χ3v) is 5.50. The predicted octanol–water partition coefficient (Wildman–Crippen LogP) is 6.16. The molecule has 0 fully saturated rings. The summed E-state index contributed by atoms with van der Waals surface area (Å²) >= 11 is 7.84. The zero-order chi connectivity index (χ0) is 20.1. The van der Waals surface area contributed by atoms with Gasteiger partial charge in [-0.3, -0.25) is 0 Å². The number of rotatable bonds is 8. The van der Waals surface area contributed by atoms with E-state index in [0.29, 0.717) is 17.5 Å². The van der Waals surface area contributed by atoms with Gasteiger partial charge in [0.05, 0.1) is 0 Å². The van der Waals surface area contributed by atoms with Crippen LogP contribution in [-0.4, -0.2) is 14.8 Å². The van der Waals surface area contributed by atoms with Crippen molar-refractivity contribution in [2.75, 3.05) is 0 Å². The summed E-state index contributed by atoms with van der Waals surface area (Å²) in [5.41, 5.74) is 1.05. The van der Waals surface area contributed by atoms with Gasteiger partial charge in [-0.1, -0.05) is 67.5 Å². The van der Waals surface area contributed by atoms with E-state index in [1.165, 1.54) is 6.07 Å². The molecule has 0 aliphatic rings. The van der Waals surface area contributed by atoms with Crippen LogP contribution in [0.3, 0.4) is 0 Å². The molecule has 4 nitrogen and oxygen atoms in total. The van der Waals surface area contributed by atoms with E-state index < -0.39 is 11.9 Å². The fourth-order valence-corrected chi connectivity index (χ4v) is 4.03. The highest BCUT2D eigenvalue weighted by Gasteiger charge is 2.21. The minimum absolute atomic E-state index is 0.208. The van der Waals surface area contributed by atoms with Gasteiger partial charge < -0.3 is 9.30 Å². The molecule has 0 bridgehead atoms. The van der Waals surface area contributed by atoms with Crippen molar-refractivity contribution in [1.82, 2.24) is 14.8 Å². The van der Waals surface area contributed by atoms with Crippen molar-refractivity contribution in [2.45, 2.75) is 44.3 Å². The van der Waals surface area contributed by atoms with E-state index in [1.54, 1.807) is 30.0 Å². The van der Waals surface area contributed by atoms with Crippen LogP contribution in [0.4, 0.5) is 4.39 Å². The summed E-state index contributed by atoms with van der Waals surface area (Å²) < 4.78 is 21.8. The number of aromatic nitrogens is 3. The van der Waals surface area contributed by atoms with Crippen molar-refractivity contribution >= 4 is 23.4 Å². The lowest BCUT2D eigenvalue weighted by atomic mass is 10.2. The van der Waals surface area contributed by atoms with E-state index >= 15 is 0 Å². The zero-order valence-electron chi connectivity index (χ0n) is 16.1. The molecular formula is C21H23ClFN3OS. The number of ether oxygens (including phenoxy) is 1. The van der Waals surface area contributed by atoms with E-state index in [0.717, 1.165) is 22.3 Å². The molecule has 1 aromatic heterocycles. The smallest absolute Gasteiger partial charge is 0.191 e. The van der Waals surface area contributed by atoms with E-state index in [4.69, 9.17) is 16.3 Å². The maximum atomic E-state index is 13.9. The highest BCUT2D eigenvalue weighted by molar-refractivity contribution is 7.98. The second-order valence-corrected chi connectivity index (χ2v) is 8.27. The summed E-state index contributed by atoms with van der Waals surface area (Å²) in [6.45, 7) is 6.87. The van der Waals surface area contributed by atoms with Crippen LogP contribution in [0.25, 0.3) is 0 Å². The molecule has 148 valence electrons. The molecule has 1 unspecified atom stereocenters. The molecule has 0 amide bonds. The Kier molecular flexibility index (Phi) is 6.97. The topological polar surface area (TPSA) is 39.9 Å². The summed E-state index contributed by atoms with van der Waals surface area (Å²) in [7, 11) is 0. The van der Waals surface area contributed by atoms with E-state index in [-0.39, 0.29) is 5.75 Å². The minimum Gasteiger partial charge on any atom is -0.480 e. The molecular weight excluding hydrogens is 397 g/mol. The van der Waals surface area contributed by atoms with Crippen LogP contribution in [0.15, 0.2) is 53.7 Å². The van der Waals surface area contributed by atoms with Crippen LogP contribution in [0.2, 0.25) is 5.02 Å². The maximum Gasteiger partial charge on any atom is 0.191 e. The molecule has 3 rings (SSSR count). The van der Waals surface area contributed by atoms with Gasteiger partial charge in [-0.2, -0.15) is 0 Å². The highest BCUT2D eigenvalue weighted by Crippen LogP contribution is 2.29. The van der Waals surface area contributed by atoms with Gasteiger partial charge in [-0.05, 0) is 36.6 Å². The normalized spacial score (nSPS) is 12.4. The Bertz CT molecular complexity index is 932. The molecule has 1 atom stereocenters. The summed E-state index contributed by atoms with van der Waals surface area (Å²) in [6.07, 6.45) is -0.433. The summed E-state index contributed by atoms with van der Waals surface area (Å²) in [4.78, 5) is 0. The molecule has 2 aromatic carbocycles. The first kappa shape index (κ1) is 20.7. The summed E-state index contributed by atoms with van der Waals surface area (Å²) in [5, 5.41) is 10.2. The molecule has 0 radical (unpaired) electrons. The fraction of sp³-hybridized carbons (Fsp3) is 0.333. The molecule has 0 saturated carbocycles. The molecule has 0 spiro atoms. The molecule has 7 heteroatoms. The zero-order valence-corrected chi connectivity index (χ0v) is 17.7. The average Bonchev–Trinajstić information content (AvgIpc) is 3.05. The maximum absolute atomic E-state index is 13.9. The lowest BCUT2D eigenvalue weighted by Gasteiger charge is -2.18. The highest BCUT2D eigenvalue weighted by atomic mass is 35.5. The lowest BCUT2D eigenvalue weighted by Crippen LogP contribution is -2.15. The van der Waals surface area contributed by atoms with Gasteiger partial charge in [0.25, 0.3) is 0 Å². The number of halogens is 2. The number of hydrogen-bond donors (Lipinski definition) is 0. The van der Waals surface area contributed by atoms with Gasteiger partial charge in [0.1, 0.15) is 0 Å². The number of benzene rings is 2. The van der Waals surface area contributed by atoms with E-state index in [1.807, 2.05) is 31.2 Å². The summed E-state index contributed by atoms with van der Waals surface area (Å²) in [6, 6.07) is 14.1. The van der Waals surface area contributed by atoms with E-state index in [2.05, 4.69) is 28.6 Å². The number of thioether (sulfide) groups is 1. The first-order valence-corrected chi connectivity index (χ1v) is 10.5. The van der Waals surface area contributed by atoms with Crippen LogP contribution in [0, 0.1) is 11.7 Å². The number of nitrogens with zero attached hydrogens (tertiary/aromatic N) is 3. The molecule has 0 aliphatic heterocycles. The monoisotopic (exact) mass is 419 g/mol. The SMILES string of the molecule is CC(C)Cn1c(SCc2ccccc2Cl)nnc1C(C)Oc1ccccc1F. The standard InChI is InChI=1S/C21H23ClFN3OS/c1-14(2)12-26-20(15(3)27-19-11-7-6-10-18(19)23)24-25-21(26)28-13-16-8-4-5-9-17(16)22/h4-11,14-15H,12-13H2,1-3H3. The fourth-order valence-electron chi connectivity index (χ4n) is 2.79. The minimum atomic E-state index is -0.433. The second kappa shape index (κ2) is 9.43. The van der Waals surface area contributed by atoms with Gasteiger partial charge in [-0.15, -0.1) is 10.2 Å². The number of hydrogen-bond acceptors (Lipinski definition) is 4. The van der Waals surface area contributed by atoms with Gasteiger partial charge in [0, 0.05) is 17.3 Å². The van der Waals surface area contributed by atoms with Crippen molar-refractivity contribution in [3.63, 3.8) is 0 Å². The van der Waals surface area contributed by atoms with Crippen molar-refractivity contribution in [2.24, 2.45) is 5.92 Å². The second-order valence-electron chi connectivity index (χ2n) is 6.92. The molecule has 28 heavy (non-hydrogen) atoms. The third-order valence-electron chi connectivity index (χ3n) is 4.11. The Morgan fingerprint density at radius 3 is 2.50 bits per heavy atom. The molecule has 0 saturated heterocycles. The summed E-state index contributed by atoms with van der Waals surface area (Å²) in [5.74, 6) is 1.59. The van der Waals surface area contributed by atoms with Gasteiger partial charge in [-0.25, -0.2) is 4.39 Å². The van der Waals surface area contributed by atoms with Crippen LogP contribution in [0.5, 0.6) is 5.75 Å². The first-order valence-electron chi connectivity index (χ1n) is 9.16. The van der Waals surface area contributed by atoms with Crippen LogP contribution < -0.4 is 4.74 Å². The van der Waals surface area contributed by atoms with Gasteiger partial charge >= 0.3 is 0 Å². The molecule has 0 N–H and O–H groups in total. The molecule has 0 aliphatic carbocycles. The van der Waals surface area contributed by atoms with Crippen LogP contribution in [-0.2, 0) is 12.3 Å². The quantitative estimate of drug-likeness (QED) is 0.410. The first-order chi connectivity index (χ1) is 13.5. The van der Waals surface area contributed by atoms with E-state index in [9.17, 15) is 4.39 Å². The third kappa shape index (κ3) is 5.06. The van der Waals surface area contributed by atoms with Gasteiger partial charge in [0.15, 0.2) is 28.7 Å². The predicted molar refractivity (Wildman–Crippen MR) is 111 cm³/mol. The van der Waals surface area contributed by atoms with Gasteiger partial charge in [0.2, 0.25) is 0 Å². The Balaban J connectivity index is 1.81. The largest absolute Gasteiger partial charge is 0.480 e. The Hall–Kier alpha value is -2.05.